The van der Waals surface area contributed by atoms with Gasteiger partial charge in [-0.05, 0) is 25.0 Å². The van der Waals surface area contributed by atoms with Crippen LogP contribution in [0, 0.1) is 5.41 Å². The summed E-state index contributed by atoms with van der Waals surface area (Å²) in [6.07, 6.45) is 7.07. The van der Waals surface area contributed by atoms with Gasteiger partial charge in [0.25, 0.3) is 5.91 Å². The number of carbonyl (C=O) groups is 2. The van der Waals surface area contributed by atoms with Gasteiger partial charge in [-0.25, -0.2) is 24.4 Å². The van der Waals surface area contributed by atoms with E-state index in [1.54, 1.807) is 32.7 Å². The van der Waals surface area contributed by atoms with Gasteiger partial charge < -0.3 is 20.6 Å². The summed E-state index contributed by atoms with van der Waals surface area (Å²) >= 11 is 8.08. The lowest BCUT2D eigenvalue weighted by Gasteiger charge is -2.41. The first-order valence-corrected chi connectivity index (χ1v) is 14.7. The summed E-state index contributed by atoms with van der Waals surface area (Å²) in [5, 5.41) is 17.0. The maximum Gasteiger partial charge on any atom is 0.490 e. The van der Waals surface area contributed by atoms with Crippen LogP contribution in [0.25, 0.3) is 5.82 Å². The Balaban J connectivity index is 0.000000515. The quantitative estimate of drug-likeness (QED) is 0.320. The summed E-state index contributed by atoms with van der Waals surface area (Å²) in [7, 11) is 3.38. The molecule has 0 aromatic carbocycles. The molecule has 45 heavy (non-hydrogen) atoms. The summed E-state index contributed by atoms with van der Waals surface area (Å²) in [4.78, 5) is 39.3. The third kappa shape index (κ3) is 6.74. The van der Waals surface area contributed by atoms with Crippen molar-refractivity contribution in [3.63, 3.8) is 0 Å². The van der Waals surface area contributed by atoms with Crippen LogP contribution in [0.2, 0.25) is 5.02 Å². The number of nitrogens with two attached hydrogens (primary N) is 1. The smallest absolute Gasteiger partial charge is 0.475 e. The number of amides is 1. The molecule has 0 unspecified atom stereocenters. The van der Waals surface area contributed by atoms with Gasteiger partial charge in [0.1, 0.15) is 10.8 Å². The van der Waals surface area contributed by atoms with Gasteiger partial charge in [0.15, 0.2) is 5.82 Å². The normalized spacial score (nSPS) is 17.0. The molecule has 238 valence electrons. The van der Waals surface area contributed by atoms with Gasteiger partial charge in [-0.1, -0.05) is 23.4 Å². The second-order valence-electron chi connectivity index (χ2n) is 10.7. The minimum Gasteiger partial charge on any atom is -0.475 e. The average molecular weight is 665 g/mol. The van der Waals surface area contributed by atoms with Crippen LogP contribution in [0.15, 0.2) is 59.2 Å². The summed E-state index contributed by atoms with van der Waals surface area (Å²) in [6, 6.07) is 3.87. The highest BCUT2D eigenvalue weighted by Gasteiger charge is 2.47. The summed E-state index contributed by atoms with van der Waals surface area (Å²) in [5.74, 6) is -1.61. The Kier molecular flexibility index (Phi) is 9.04. The maximum absolute atomic E-state index is 12.2. The minimum absolute atomic E-state index is 0.0220. The predicted molar refractivity (Wildman–Crippen MR) is 157 cm³/mol. The van der Waals surface area contributed by atoms with Crippen molar-refractivity contribution in [3.8, 4) is 5.82 Å². The standard InChI is InChI=1S/C25H27ClN10OS.C2HF3O2/c1-33(2)24(37)16-11-32-35(14-16)23-21(26)18(4-7-28-23)38-20-13-29-19(12-30-20)34-9-5-25(6-10-34)15-36-17(22(25)27)3-8-31-36;3-2(4,5)1(6)7/h3-4,7-8,11-14,22H,5-6,9-10,15,27H2,1-2H3;(H,6,7)/t22-;/m1./s1. The number of alkyl halides is 3. The number of hydrogen-bond acceptors (Lipinski definition) is 10. The Morgan fingerprint density at radius 1 is 1.09 bits per heavy atom. The lowest BCUT2D eigenvalue weighted by molar-refractivity contribution is -0.192. The predicted octanol–water partition coefficient (Wildman–Crippen LogP) is 3.69. The minimum atomic E-state index is -5.08. The molecule has 4 aromatic heterocycles. The van der Waals surface area contributed by atoms with E-state index in [1.807, 2.05) is 24.5 Å². The van der Waals surface area contributed by atoms with Crippen LogP contribution < -0.4 is 10.6 Å². The van der Waals surface area contributed by atoms with Crippen LogP contribution in [-0.4, -0.2) is 89.8 Å². The number of nitrogens with zero attached hydrogens (tertiary/aromatic N) is 9. The number of rotatable bonds is 5. The first kappa shape index (κ1) is 32.2. The third-order valence-electron chi connectivity index (χ3n) is 7.64. The van der Waals surface area contributed by atoms with E-state index in [2.05, 4.69) is 34.7 Å². The van der Waals surface area contributed by atoms with Gasteiger partial charge in [-0.2, -0.15) is 23.4 Å². The van der Waals surface area contributed by atoms with Crippen molar-refractivity contribution in [1.29, 1.82) is 0 Å². The van der Waals surface area contributed by atoms with Gasteiger partial charge in [0.05, 0.1) is 40.9 Å². The second-order valence-corrected chi connectivity index (χ2v) is 12.1. The molecule has 6 heterocycles. The lowest BCUT2D eigenvalue weighted by Crippen LogP contribution is -2.45. The molecule has 0 saturated carbocycles. The zero-order valence-electron chi connectivity index (χ0n) is 24.0. The molecule has 0 aliphatic carbocycles. The number of piperidine rings is 1. The van der Waals surface area contributed by atoms with Gasteiger partial charge in [0.2, 0.25) is 0 Å². The number of anilines is 1. The third-order valence-corrected chi connectivity index (χ3v) is 9.10. The fraction of sp³-hybridized carbons (Fsp3) is 0.370. The van der Waals surface area contributed by atoms with Gasteiger partial charge in [0, 0.05) is 62.6 Å². The zero-order chi connectivity index (χ0) is 32.5. The number of carboxylic acids is 1. The Labute approximate surface area is 264 Å². The Hall–Kier alpha value is -4.22. The number of aromatic nitrogens is 7. The molecule has 2 aliphatic rings. The fourth-order valence-corrected chi connectivity index (χ4v) is 6.26. The molecule has 2 aliphatic heterocycles. The topological polar surface area (TPSA) is 161 Å². The largest absolute Gasteiger partial charge is 0.490 e. The number of halogens is 4. The molecule has 1 amide bonds. The van der Waals surface area contributed by atoms with Crippen LogP contribution in [0.1, 0.15) is 34.9 Å². The number of fused-ring (bicyclic) bond motifs is 1. The number of carbonyl (C=O) groups excluding carboxylic acids is 1. The highest BCUT2D eigenvalue weighted by molar-refractivity contribution is 7.99. The SMILES string of the molecule is CN(C)C(=O)c1cnn(-c2nccc(Sc3cnc(N4CCC5(CC4)Cn4nccc4[C@H]5N)cn3)c2Cl)c1.O=C(O)C(F)(F)F. The van der Waals surface area contributed by atoms with Gasteiger partial charge in [-0.3, -0.25) is 9.48 Å². The molecule has 4 aromatic rings. The maximum atomic E-state index is 12.2. The highest BCUT2D eigenvalue weighted by atomic mass is 35.5. The monoisotopic (exact) mass is 664 g/mol. The average Bonchev–Trinajstić information content (AvgIpc) is 3.73. The highest BCUT2D eigenvalue weighted by Crippen LogP contribution is 2.48. The molecular formula is C27H28ClF3N10O3S. The van der Waals surface area contributed by atoms with E-state index >= 15 is 0 Å². The van der Waals surface area contributed by atoms with E-state index in [1.165, 1.54) is 27.5 Å². The molecule has 18 heteroatoms. The molecule has 3 N–H and O–H groups in total. The van der Waals surface area contributed by atoms with Crippen LogP contribution >= 0.6 is 23.4 Å². The zero-order valence-corrected chi connectivity index (χ0v) is 25.6. The first-order valence-electron chi connectivity index (χ1n) is 13.5. The van der Waals surface area contributed by atoms with Crippen LogP contribution in [0.4, 0.5) is 19.0 Å². The summed E-state index contributed by atoms with van der Waals surface area (Å²) in [6.45, 7) is 2.63. The molecule has 1 fully saturated rings. The van der Waals surface area contributed by atoms with Gasteiger partial charge >= 0.3 is 12.1 Å². The Morgan fingerprint density at radius 2 is 1.80 bits per heavy atom. The Bertz CT molecular complexity index is 1690. The van der Waals surface area contributed by atoms with Crippen molar-refractivity contribution in [2.24, 2.45) is 11.1 Å². The van der Waals surface area contributed by atoms with E-state index < -0.39 is 12.1 Å². The summed E-state index contributed by atoms with van der Waals surface area (Å²) in [5.41, 5.74) is 8.27. The van der Waals surface area contributed by atoms with Crippen molar-refractivity contribution in [2.45, 2.75) is 41.5 Å². The van der Waals surface area contributed by atoms with Crippen molar-refractivity contribution < 1.29 is 27.9 Å². The van der Waals surface area contributed by atoms with Crippen LogP contribution in [0.5, 0.6) is 0 Å². The van der Waals surface area contributed by atoms with Crippen LogP contribution in [0.3, 0.4) is 0 Å². The fourth-order valence-electron chi connectivity index (χ4n) is 5.20. The van der Waals surface area contributed by atoms with E-state index in [0.29, 0.717) is 21.4 Å². The van der Waals surface area contributed by atoms with Gasteiger partial charge in [-0.15, -0.1) is 0 Å². The molecule has 6 rings (SSSR count). The van der Waals surface area contributed by atoms with E-state index in [-0.39, 0.29) is 17.4 Å². The Morgan fingerprint density at radius 3 is 2.40 bits per heavy atom. The second kappa shape index (κ2) is 12.6. The van der Waals surface area contributed by atoms with Crippen molar-refractivity contribution >= 4 is 41.1 Å². The number of carboxylic acid groups (broad SMARTS) is 1. The van der Waals surface area contributed by atoms with Crippen molar-refractivity contribution in [3.05, 3.63) is 65.6 Å². The summed E-state index contributed by atoms with van der Waals surface area (Å²) < 4.78 is 35.3. The van der Waals surface area contributed by atoms with Crippen molar-refractivity contribution in [2.75, 3.05) is 32.1 Å². The number of pyridine rings is 1. The van der Waals surface area contributed by atoms with E-state index in [9.17, 15) is 18.0 Å². The number of aliphatic carboxylic acids is 1. The molecule has 0 bridgehead atoms. The number of hydrogen-bond donors (Lipinski definition) is 2. The molecule has 0 radical (unpaired) electrons. The molecule has 13 nitrogen and oxygen atoms in total. The van der Waals surface area contributed by atoms with E-state index in [4.69, 9.17) is 27.2 Å². The molecule has 1 spiro atoms. The molecular weight excluding hydrogens is 637 g/mol. The first-order chi connectivity index (χ1) is 21.3. The molecule has 1 saturated heterocycles. The van der Waals surface area contributed by atoms with Crippen molar-refractivity contribution in [1.82, 2.24) is 39.4 Å². The lowest BCUT2D eigenvalue weighted by atomic mass is 9.73. The van der Waals surface area contributed by atoms with Crippen LogP contribution in [-0.2, 0) is 11.3 Å². The van der Waals surface area contributed by atoms with E-state index in [0.717, 1.165) is 48.9 Å². The molecule has 1 atom stereocenters.